The van der Waals surface area contributed by atoms with E-state index in [4.69, 9.17) is 5.73 Å². The van der Waals surface area contributed by atoms with Crippen molar-refractivity contribution in [1.29, 1.82) is 0 Å². The molecule has 1 heterocycles. The molecule has 0 aromatic carbocycles. The second kappa shape index (κ2) is 5.67. The predicted molar refractivity (Wildman–Crippen MR) is 81.2 cm³/mol. The van der Waals surface area contributed by atoms with E-state index in [1.165, 1.54) is 38.5 Å². The normalized spacial score (nSPS) is 37.3. The Morgan fingerprint density at radius 2 is 1.70 bits per heavy atom. The maximum atomic E-state index is 12.7. The molecule has 1 saturated heterocycles. The Labute approximate surface area is 123 Å². The summed E-state index contributed by atoms with van der Waals surface area (Å²) in [6.07, 6.45) is 11.2. The first kappa shape index (κ1) is 14.4. The van der Waals surface area contributed by atoms with Crippen molar-refractivity contribution in [2.75, 3.05) is 13.1 Å². The van der Waals surface area contributed by atoms with Crippen LogP contribution in [0.15, 0.2) is 0 Å². The highest BCUT2D eigenvalue weighted by Gasteiger charge is 2.40. The average molecular weight is 278 g/mol. The van der Waals surface area contributed by atoms with Crippen LogP contribution in [-0.2, 0) is 4.79 Å². The summed E-state index contributed by atoms with van der Waals surface area (Å²) in [5, 5.41) is 0. The number of carbonyl (C=O) groups is 1. The number of hydrogen-bond acceptors (Lipinski definition) is 2. The lowest BCUT2D eigenvalue weighted by molar-refractivity contribution is -0.139. The minimum atomic E-state index is 0.200. The molecule has 0 radical (unpaired) electrons. The Bertz CT molecular complexity index is 342. The number of nitrogens with two attached hydrogens (primary N) is 1. The van der Waals surface area contributed by atoms with Crippen LogP contribution in [0.25, 0.3) is 0 Å². The molecule has 1 spiro atoms. The topological polar surface area (TPSA) is 46.3 Å². The summed E-state index contributed by atoms with van der Waals surface area (Å²) in [6, 6.07) is 0.235. The highest BCUT2D eigenvalue weighted by Crippen LogP contribution is 2.46. The van der Waals surface area contributed by atoms with Crippen LogP contribution in [0.4, 0.5) is 0 Å². The quantitative estimate of drug-likeness (QED) is 0.801. The second-order valence-corrected chi connectivity index (χ2v) is 7.80. The van der Waals surface area contributed by atoms with Crippen LogP contribution in [0.5, 0.6) is 0 Å². The van der Waals surface area contributed by atoms with Crippen molar-refractivity contribution in [3.05, 3.63) is 0 Å². The molecule has 3 unspecified atom stereocenters. The fraction of sp³-hybridized carbons (Fsp3) is 0.941. The van der Waals surface area contributed by atoms with Crippen LogP contribution in [0, 0.1) is 17.3 Å². The van der Waals surface area contributed by atoms with Gasteiger partial charge in [-0.05, 0) is 56.3 Å². The molecule has 3 nitrogen and oxygen atoms in total. The highest BCUT2D eigenvalue weighted by atomic mass is 16.2. The fourth-order valence-electron chi connectivity index (χ4n) is 4.94. The number of nitrogens with zero attached hydrogens (tertiary/aromatic N) is 1. The van der Waals surface area contributed by atoms with Gasteiger partial charge in [-0.25, -0.2) is 0 Å². The summed E-state index contributed by atoms with van der Waals surface area (Å²) >= 11 is 0. The van der Waals surface area contributed by atoms with Crippen molar-refractivity contribution in [3.63, 3.8) is 0 Å². The molecule has 3 rings (SSSR count). The van der Waals surface area contributed by atoms with Crippen molar-refractivity contribution in [2.24, 2.45) is 23.0 Å². The third-order valence-electron chi connectivity index (χ3n) is 6.13. The Hall–Kier alpha value is -0.570. The van der Waals surface area contributed by atoms with Gasteiger partial charge in [0.1, 0.15) is 0 Å². The molecule has 0 aromatic rings. The number of carbonyl (C=O) groups excluding carboxylic acids is 1. The minimum absolute atomic E-state index is 0.200. The van der Waals surface area contributed by atoms with Gasteiger partial charge in [-0.2, -0.15) is 0 Å². The number of likely N-dealkylation sites (tertiary alicyclic amines) is 1. The van der Waals surface area contributed by atoms with Crippen molar-refractivity contribution < 1.29 is 4.79 Å². The molecule has 2 saturated carbocycles. The standard InChI is InChI=1S/C17H30N2O/c1-13-10-14(12-15(18)11-13)16(20)19-8-6-17(7-9-19)4-2-3-5-17/h13-15H,2-12,18H2,1H3. The minimum Gasteiger partial charge on any atom is -0.342 e. The van der Waals surface area contributed by atoms with Crippen molar-refractivity contribution in [1.82, 2.24) is 4.90 Å². The number of amides is 1. The van der Waals surface area contributed by atoms with Gasteiger partial charge in [0.25, 0.3) is 0 Å². The third kappa shape index (κ3) is 2.88. The van der Waals surface area contributed by atoms with Gasteiger partial charge in [-0.3, -0.25) is 4.79 Å². The van der Waals surface area contributed by atoms with Crippen LogP contribution >= 0.6 is 0 Å². The highest BCUT2D eigenvalue weighted by molar-refractivity contribution is 5.79. The summed E-state index contributed by atoms with van der Waals surface area (Å²) in [6.45, 7) is 4.24. The zero-order chi connectivity index (χ0) is 14.2. The molecule has 3 atom stereocenters. The van der Waals surface area contributed by atoms with E-state index in [2.05, 4.69) is 11.8 Å². The number of hydrogen-bond donors (Lipinski definition) is 1. The lowest BCUT2D eigenvalue weighted by Gasteiger charge is -2.42. The Morgan fingerprint density at radius 1 is 1.05 bits per heavy atom. The van der Waals surface area contributed by atoms with Gasteiger partial charge in [0, 0.05) is 25.0 Å². The molecule has 2 aliphatic carbocycles. The van der Waals surface area contributed by atoms with Gasteiger partial charge in [-0.1, -0.05) is 19.8 Å². The van der Waals surface area contributed by atoms with Crippen LogP contribution in [0.3, 0.4) is 0 Å². The summed E-state index contributed by atoms with van der Waals surface area (Å²) in [5.74, 6) is 1.21. The largest absolute Gasteiger partial charge is 0.342 e. The fourth-order valence-corrected chi connectivity index (χ4v) is 4.94. The predicted octanol–water partition coefficient (Wildman–Crippen LogP) is 2.93. The first-order chi connectivity index (χ1) is 9.58. The van der Waals surface area contributed by atoms with E-state index in [-0.39, 0.29) is 12.0 Å². The van der Waals surface area contributed by atoms with Crippen molar-refractivity contribution in [2.45, 2.75) is 70.8 Å². The Balaban J connectivity index is 1.56. The first-order valence-corrected chi connectivity index (χ1v) is 8.62. The molecular weight excluding hydrogens is 248 g/mol. The van der Waals surface area contributed by atoms with Gasteiger partial charge in [0.15, 0.2) is 0 Å². The second-order valence-electron chi connectivity index (χ2n) is 7.80. The smallest absolute Gasteiger partial charge is 0.225 e. The average Bonchev–Trinajstić information content (AvgIpc) is 2.86. The third-order valence-corrected chi connectivity index (χ3v) is 6.13. The molecule has 114 valence electrons. The zero-order valence-electron chi connectivity index (χ0n) is 12.9. The van der Waals surface area contributed by atoms with Gasteiger partial charge in [-0.15, -0.1) is 0 Å². The van der Waals surface area contributed by atoms with Crippen LogP contribution in [-0.4, -0.2) is 29.9 Å². The van der Waals surface area contributed by atoms with Crippen LogP contribution in [0.1, 0.15) is 64.7 Å². The molecule has 3 heteroatoms. The maximum Gasteiger partial charge on any atom is 0.225 e. The molecule has 0 aromatic heterocycles. The zero-order valence-corrected chi connectivity index (χ0v) is 12.9. The van der Waals surface area contributed by atoms with E-state index in [1.54, 1.807) is 0 Å². The summed E-state index contributed by atoms with van der Waals surface area (Å²) in [7, 11) is 0. The number of rotatable bonds is 1. The van der Waals surface area contributed by atoms with Gasteiger partial charge < -0.3 is 10.6 Å². The monoisotopic (exact) mass is 278 g/mol. The lowest BCUT2D eigenvalue weighted by atomic mass is 9.75. The summed E-state index contributed by atoms with van der Waals surface area (Å²) < 4.78 is 0. The molecule has 0 bridgehead atoms. The van der Waals surface area contributed by atoms with Crippen molar-refractivity contribution in [3.8, 4) is 0 Å². The Morgan fingerprint density at radius 3 is 2.30 bits per heavy atom. The first-order valence-electron chi connectivity index (χ1n) is 8.62. The number of piperidine rings is 1. The summed E-state index contributed by atoms with van der Waals surface area (Å²) in [4.78, 5) is 14.9. The molecule has 1 aliphatic heterocycles. The SMILES string of the molecule is CC1CC(N)CC(C(=O)N2CCC3(CCCC3)CC2)C1. The molecular formula is C17H30N2O. The molecule has 2 N–H and O–H groups in total. The van der Waals surface area contributed by atoms with Crippen LogP contribution < -0.4 is 5.73 Å². The van der Waals surface area contributed by atoms with E-state index in [9.17, 15) is 4.79 Å². The van der Waals surface area contributed by atoms with E-state index in [0.717, 1.165) is 32.4 Å². The van der Waals surface area contributed by atoms with E-state index in [1.807, 2.05) is 0 Å². The maximum absolute atomic E-state index is 12.7. The Kier molecular flexibility index (Phi) is 4.07. The van der Waals surface area contributed by atoms with Gasteiger partial charge in [0.2, 0.25) is 5.91 Å². The molecule has 3 aliphatic rings. The van der Waals surface area contributed by atoms with Crippen molar-refractivity contribution >= 4 is 5.91 Å². The van der Waals surface area contributed by atoms with Gasteiger partial charge in [0.05, 0.1) is 0 Å². The molecule has 3 fully saturated rings. The van der Waals surface area contributed by atoms with Gasteiger partial charge >= 0.3 is 0 Å². The van der Waals surface area contributed by atoms with E-state index < -0.39 is 0 Å². The molecule has 1 amide bonds. The molecule has 20 heavy (non-hydrogen) atoms. The van der Waals surface area contributed by atoms with E-state index >= 15 is 0 Å². The van der Waals surface area contributed by atoms with Crippen LogP contribution in [0.2, 0.25) is 0 Å². The lowest BCUT2D eigenvalue weighted by Crippen LogP contribution is -2.47. The van der Waals surface area contributed by atoms with E-state index in [0.29, 0.717) is 17.2 Å². The summed E-state index contributed by atoms with van der Waals surface area (Å²) in [5.41, 5.74) is 6.71.